The Morgan fingerprint density at radius 2 is 2.50 bits per heavy atom. The Morgan fingerprint density at radius 3 is 3.14 bits per heavy atom. The molecule has 14 heavy (non-hydrogen) atoms. The maximum atomic E-state index is 5.90. The van der Waals surface area contributed by atoms with Crippen molar-refractivity contribution in [3.8, 4) is 5.75 Å². The van der Waals surface area contributed by atoms with E-state index in [1.54, 1.807) is 13.3 Å². The minimum absolute atomic E-state index is 0.501. The van der Waals surface area contributed by atoms with Gasteiger partial charge in [0.1, 0.15) is 10.8 Å². The van der Waals surface area contributed by atoms with Crippen molar-refractivity contribution in [2.45, 2.75) is 12.3 Å². The number of hydrogen-bond acceptors (Lipinski definition) is 3. The zero-order valence-electron chi connectivity index (χ0n) is 8.09. The lowest BCUT2D eigenvalue weighted by Crippen LogP contribution is -2.08. The van der Waals surface area contributed by atoms with Crippen molar-refractivity contribution in [3.05, 3.63) is 23.0 Å². The van der Waals surface area contributed by atoms with Crippen LogP contribution < -0.4 is 10.1 Å². The zero-order chi connectivity index (χ0) is 9.97. The summed E-state index contributed by atoms with van der Waals surface area (Å²) in [6.07, 6.45) is 2.80. The minimum atomic E-state index is 0.501. The molecule has 0 spiro atoms. The second-order valence-electron chi connectivity index (χ2n) is 3.43. The van der Waals surface area contributed by atoms with E-state index in [-0.39, 0.29) is 0 Å². The number of nitrogens with one attached hydrogen (secondary N) is 1. The van der Waals surface area contributed by atoms with Crippen LogP contribution in [0, 0.1) is 0 Å². The molecule has 0 aliphatic carbocycles. The van der Waals surface area contributed by atoms with Crippen molar-refractivity contribution in [1.29, 1.82) is 0 Å². The van der Waals surface area contributed by atoms with Gasteiger partial charge in [-0.2, -0.15) is 0 Å². The van der Waals surface area contributed by atoms with Gasteiger partial charge in [-0.3, -0.25) is 4.98 Å². The zero-order valence-corrected chi connectivity index (χ0v) is 8.84. The summed E-state index contributed by atoms with van der Waals surface area (Å²) in [4.78, 5) is 4.32. The first-order valence-corrected chi connectivity index (χ1v) is 5.09. The number of rotatable bonds is 2. The SMILES string of the molecule is COc1cc(C2CCNC2)ncc1Cl. The smallest absolute Gasteiger partial charge is 0.140 e. The Bertz CT molecular complexity index is 324. The van der Waals surface area contributed by atoms with Crippen LogP contribution in [-0.2, 0) is 0 Å². The van der Waals surface area contributed by atoms with Crippen molar-refractivity contribution in [3.63, 3.8) is 0 Å². The normalized spacial score (nSPS) is 21.1. The Balaban J connectivity index is 2.25. The lowest BCUT2D eigenvalue weighted by molar-refractivity contribution is 0.413. The molecule has 1 aromatic rings. The van der Waals surface area contributed by atoms with Gasteiger partial charge in [-0.1, -0.05) is 11.6 Å². The number of aromatic nitrogens is 1. The molecule has 1 fully saturated rings. The molecule has 76 valence electrons. The monoisotopic (exact) mass is 212 g/mol. The molecule has 1 saturated heterocycles. The van der Waals surface area contributed by atoms with Gasteiger partial charge in [0, 0.05) is 30.4 Å². The van der Waals surface area contributed by atoms with Gasteiger partial charge in [0.05, 0.1) is 7.11 Å². The Kier molecular flexibility index (Phi) is 2.89. The van der Waals surface area contributed by atoms with E-state index in [2.05, 4.69) is 10.3 Å². The van der Waals surface area contributed by atoms with Crippen LogP contribution in [0.3, 0.4) is 0 Å². The van der Waals surface area contributed by atoms with Gasteiger partial charge < -0.3 is 10.1 Å². The number of hydrogen-bond donors (Lipinski definition) is 1. The summed E-state index contributed by atoms with van der Waals surface area (Å²) >= 11 is 5.90. The predicted molar refractivity (Wildman–Crippen MR) is 56.0 cm³/mol. The third-order valence-corrected chi connectivity index (χ3v) is 2.82. The van der Waals surface area contributed by atoms with E-state index in [0.29, 0.717) is 16.7 Å². The van der Waals surface area contributed by atoms with E-state index in [9.17, 15) is 0 Å². The number of ether oxygens (including phenoxy) is 1. The van der Waals surface area contributed by atoms with Gasteiger partial charge in [0.2, 0.25) is 0 Å². The van der Waals surface area contributed by atoms with Crippen LogP contribution in [-0.4, -0.2) is 25.2 Å². The molecule has 0 radical (unpaired) electrons. The number of nitrogens with zero attached hydrogens (tertiary/aromatic N) is 1. The molecule has 1 aliphatic rings. The van der Waals surface area contributed by atoms with Crippen LogP contribution >= 0.6 is 11.6 Å². The Labute approximate surface area is 88.4 Å². The van der Waals surface area contributed by atoms with Crippen molar-refractivity contribution in [1.82, 2.24) is 10.3 Å². The highest BCUT2D eigenvalue weighted by atomic mass is 35.5. The van der Waals surface area contributed by atoms with Crippen molar-refractivity contribution >= 4 is 11.6 Å². The summed E-state index contributed by atoms with van der Waals surface area (Å²) in [5.74, 6) is 1.21. The summed E-state index contributed by atoms with van der Waals surface area (Å²) in [6, 6.07) is 1.93. The van der Waals surface area contributed by atoms with Crippen LogP contribution in [0.5, 0.6) is 5.75 Å². The van der Waals surface area contributed by atoms with Crippen LogP contribution in [0.4, 0.5) is 0 Å². The van der Waals surface area contributed by atoms with Crippen molar-refractivity contribution in [2.75, 3.05) is 20.2 Å². The molecule has 2 rings (SSSR count). The highest BCUT2D eigenvalue weighted by Gasteiger charge is 2.18. The molecule has 0 saturated carbocycles. The second kappa shape index (κ2) is 4.15. The molecule has 0 aromatic carbocycles. The summed E-state index contributed by atoms with van der Waals surface area (Å²) in [5.41, 5.74) is 1.07. The maximum Gasteiger partial charge on any atom is 0.140 e. The van der Waals surface area contributed by atoms with Gasteiger partial charge in [-0.25, -0.2) is 0 Å². The van der Waals surface area contributed by atoms with Crippen LogP contribution in [0.25, 0.3) is 0 Å². The lowest BCUT2D eigenvalue weighted by Gasteiger charge is -2.09. The molecule has 0 bridgehead atoms. The van der Waals surface area contributed by atoms with Crippen LogP contribution in [0.1, 0.15) is 18.0 Å². The summed E-state index contributed by atoms with van der Waals surface area (Å²) in [6.45, 7) is 2.06. The Hall–Kier alpha value is -0.800. The Morgan fingerprint density at radius 1 is 1.64 bits per heavy atom. The number of halogens is 1. The molecule has 1 aromatic heterocycles. The fourth-order valence-electron chi connectivity index (χ4n) is 1.72. The highest BCUT2D eigenvalue weighted by molar-refractivity contribution is 6.31. The molecule has 1 unspecified atom stereocenters. The summed E-state index contributed by atoms with van der Waals surface area (Å²) in [7, 11) is 1.62. The molecule has 4 heteroatoms. The fraction of sp³-hybridized carbons (Fsp3) is 0.500. The first-order valence-electron chi connectivity index (χ1n) is 4.71. The molecule has 1 atom stereocenters. The molecular formula is C10H13ClN2O. The molecule has 3 nitrogen and oxygen atoms in total. The van der Waals surface area contributed by atoms with Gasteiger partial charge in [0.15, 0.2) is 0 Å². The van der Waals surface area contributed by atoms with E-state index < -0.39 is 0 Å². The predicted octanol–water partition coefficient (Wildman–Crippen LogP) is 1.82. The molecule has 0 amide bonds. The van der Waals surface area contributed by atoms with E-state index in [4.69, 9.17) is 16.3 Å². The van der Waals surface area contributed by atoms with E-state index >= 15 is 0 Å². The molecule has 1 N–H and O–H groups in total. The quantitative estimate of drug-likeness (QED) is 0.812. The summed E-state index contributed by atoms with van der Waals surface area (Å²) < 4.78 is 5.15. The first kappa shape index (κ1) is 9.74. The second-order valence-corrected chi connectivity index (χ2v) is 3.84. The summed E-state index contributed by atoms with van der Waals surface area (Å²) in [5, 5.41) is 3.88. The largest absolute Gasteiger partial charge is 0.495 e. The third-order valence-electron chi connectivity index (χ3n) is 2.54. The van der Waals surface area contributed by atoms with E-state index in [0.717, 1.165) is 25.2 Å². The van der Waals surface area contributed by atoms with Gasteiger partial charge >= 0.3 is 0 Å². The highest BCUT2D eigenvalue weighted by Crippen LogP contribution is 2.28. The van der Waals surface area contributed by atoms with Crippen molar-refractivity contribution in [2.24, 2.45) is 0 Å². The minimum Gasteiger partial charge on any atom is -0.495 e. The standard InChI is InChI=1S/C10H13ClN2O/c1-14-10-4-9(13-6-8(10)11)7-2-3-12-5-7/h4,6-7,12H,2-3,5H2,1H3. The number of methoxy groups -OCH3 is 1. The first-order chi connectivity index (χ1) is 6.81. The maximum absolute atomic E-state index is 5.90. The van der Waals surface area contributed by atoms with Crippen molar-refractivity contribution < 1.29 is 4.74 Å². The van der Waals surface area contributed by atoms with Crippen LogP contribution in [0.15, 0.2) is 12.3 Å². The third kappa shape index (κ3) is 1.83. The molecule has 2 heterocycles. The van der Waals surface area contributed by atoms with Gasteiger partial charge in [-0.05, 0) is 13.0 Å². The lowest BCUT2D eigenvalue weighted by atomic mass is 10.0. The number of pyridine rings is 1. The topological polar surface area (TPSA) is 34.1 Å². The fourth-order valence-corrected chi connectivity index (χ4v) is 1.90. The average Bonchev–Trinajstić information content (AvgIpc) is 2.71. The van der Waals surface area contributed by atoms with Gasteiger partial charge in [0.25, 0.3) is 0 Å². The van der Waals surface area contributed by atoms with Crippen LogP contribution in [0.2, 0.25) is 5.02 Å². The average molecular weight is 213 g/mol. The van der Waals surface area contributed by atoms with E-state index in [1.807, 2.05) is 6.07 Å². The molecule has 1 aliphatic heterocycles. The van der Waals surface area contributed by atoms with Gasteiger partial charge in [-0.15, -0.1) is 0 Å². The molecular weight excluding hydrogens is 200 g/mol. The van der Waals surface area contributed by atoms with E-state index in [1.165, 1.54) is 0 Å².